The summed E-state index contributed by atoms with van der Waals surface area (Å²) < 4.78 is 0. The Kier molecular flexibility index (Phi) is 5.34. The molecule has 2 fully saturated rings. The largest absolute Gasteiger partial charge is 0.311 e. The second kappa shape index (κ2) is 6.78. The van der Waals surface area contributed by atoms with E-state index in [-0.39, 0.29) is 0 Å². The Hall–Kier alpha value is -0.0400. The molecule has 2 saturated carbocycles. The van der Waals surface area contributed by atoms with Gasteiger partial charge in [0.05, 0.1) is 0 Å². The lowest BCUT2D eigenvalue weighted by molar-refractivity contribution is 0.249. The Labute approximate surface area is 108 Å². The van der Waals surface area contributed by atoms with Crippen LogP contribution < -0.4 is 5.32 Å². The molecule has 0 aromatic heterocycles. The molecular weight excluding hydrogens is 206 g/mol. The Bertz CT molecular complexity index is 198. The Morgan fingerprint density at radius 1 is 0.824 bits per heavy atom. The van der Waals surface area contributed by atoms with Crippen LogP contribution in [0.15, 0.2) is 0 Å². The van der Waals surface area contributed by atoms with E-state index in [0.29, 0.717) is 0 Å². The van der Waals surface area contributed by atoms with E-state index < -0.39 is 0 Å². The topological polar surface area (TPSA) is 12.0 Å². The standard InChI is InChI=1S/C16H31N/c1-13-9-11-16(12-10-13)17-14(2)15-7-5-3-4-6-8-15/h13-17H,3-12H2,1-2H3/t13?,14-,16?/m1/s1. The molecule has 0 saturated heterocycles. The SMILES string of the molecule is CC1CCC(N[C@H](C)C2CCCCCC2)CC1. The lowest BCUT2D eigenvalue weighted by Gasteiger charge is -2.32. The minimum atomic E-state index is 0.756. The highest BCUT2D eigenvalue weighted by Crippen LogP contribution is 2.28. The molecule has 2 aliphatic rings. The summed E-state index contributed by atoms with van der Waals surface area (Å²) in [6.07, 6.45) is 14.5. The van der Waals surface area contributed by atoms with E-state index in [4.69, 9.17) is 0 Å². The first-order valence-corrected chi connectivity index (χ1v) is 8.01. The van der Waals surface area contributed by atoms with Crippen molar-refractivity contribution in [1.82, 2.24) is 5.32 Å². The van der Waals surface area contributed by atoms with Crippen LogP contribution in [0.3, 0.4) is 0 Å². The van der Waals surface area contributed by atoms with Crippen molar-refractivity contribution in [2.24, 2.45) is 11.8 Å². The van der Waals surface area contributed by atoms with E-state index in [1.165, 1.54) is 64.2 Å². The molecule has 0 radical (unpaired) electrons. The molecule has 0 bridgehead atoms. The van der Waals surface area contributed by atoms with Gasteiger partial charge in [0, 0.05) is 12.1 Å². The summed E-state index contributed by atoms with van der Waals surface area (Å²) in [6, 6.07) is 1.58. The van der Waals surface area contributed by atoms with E-state index in [1.54, 1.807) is 0 Å². The van der Waals surface area contributed by atoms with Crippen molar-refractivity contribution >= 4 is 0 Å². The smallest absolute Gasteiger partial charge is 0.00698 e. The van der Waals surface area contributed by atoms with Crippen LogP contribution >= 0.6 is 0 Å². The average molecular weight is 237 g/mol. The lowest BCUT2D eigenvalue weighted by atomic mass is 9.85. The van der Waals surface area contributed by atoms with Gasteiger partial charge in [0.2, 0.25) is 0 Å². The maximum Gasteiger partial charge on any atom is 0.00698 e. The first kappa shape index (κ1) is 13.4. The molecule has 0 unspecified atom stereocenters. The number of hydrogen-bond donors (Lipinski definition) is 1. The average Bonchev–Trinajstić information content (AvgIpc) is 2.61. The lowest BCUT2D eigenvalue weighted by Crippen LogP contribution is -2.42. The van der Waals surface area contributed by atoms with Crippen molar-refractivity contribution < 1.29 is 0 Å². The number of rotatable bonds is 3. The van der Waals surface area contributed by atoms with Gasteiger partial charge in [-0.05, 0) is 57.3 Å². The van der Waals surface area contributed by atoms with E-state index in [1.807, 2.05) is 0 Å². The highest BCUT2D eigenvalue weighted by Gasteiger charge is 2.24. The normalized spacial score (nSPS) is 34.2. The molecule has 0 aromatic rings. The monoisotopic (exact) mass is 237 g/mol. The van der Waals surface area contributed by atoms with Gasteiger partial charge in [-0.2, -0.15) is 0 Å². The molecule has 1 heteroatoms. The summed E-state index contributed by atoms with van der Waals surface area (Å²) in [5, 5.41) is 3.94. The van der Waals surface area contributed by atoms with Crippen molar-refractivity contribution in [2.75, 3.05) is 0 Å². The summed E-state index contributed by atoms with van der Waals surface area (Å²) in [6.45, 7) is 4.85. The first-order valence-electron chi connectivity index (χ1n) is 8.01. The van der Waals surface area contributed by atoms with E-state index >= 15 is 0 Å². The van der Waals surface area contributed by atoms with E-state index in [0.717, 1.165) is 23.9 Å². The molecule has 2 aliphatic carbocycles. The van der Waals surface area contributed by atoms with Gasteiger partial charge >= 0.3 is 0 Å². The summed E-state index contributed by atoms with van der Waals surface area (Å²) in [5.74, 6) is 1.93. The zero-order valence-electron chi connectivity index (χ0n) is 11.9. The Morgan fingerprint density at radius 2 is 1.41 bits per heavy atom. The van der Waals surface area contributed by atoms with Crippen LogP contribution in [-0.2, 0) is 0 Å². The van der Waals surface area contributed by atoms with E-state index in [2.05, 4.69) is 19.2 Å². The summed E-state index contributed by atoms with van der Waals surface area (Å²) >= 11 is 0. The second-order valence-corrected chi connectivity index (χ2v) is 6.66. The van der Waals surface area contributed by atoms with Crippen LogP contribution in [0.2, 0.25) is 0 Å². The molecule has 100 valence electrons. The molecule has 1 nitrogen and oxygen atoms in total. The van der Waals surface area contributed by atoms with Crippen LogP contribution in [-0.4, -0.2) is 12.1 Å². The molecule has 0 heterocycles. The van der Waals surface area contributed by atoms with Gasteiger partial charge in [-0.3, -0.25) is 0 Å². The van der Waals surface area contributed by atoms with Crippen LogP contribution in [0, 0.1) is 11.8 Å². The zero-order valence-corrected chi connectivity index (χ0v) is 11.9. The third-order valence-corrected chi connectivity index (χ3v) is 5.12. The van der Waals surface area contributed by atoms with E-state index in [9.17, 15) is 0 Å². The number of hydrogen-bond acceptors (Lipinski definition) is 1. The molecule has 1 N–H and O–H groups in total. The van der Waals surface area contributed by atoms with Crippen LogP contribution in [0.5, 0.6) is 0 Å². The van der Waals surface area contributed by atoms with Crippen LogP contribution in [0.1, 0.15) is 78.1 Å². The third-order valence-electron chi connectivity index (χ3n) is 5.12. The molecule has 17 heavy (non-hydrogen) atoms. The van der Waals surface area contributed by atoms with Gasteiger partial charge in [0.1, 0.15) is 0 Å². The van der Waals surface area contributed by atoms with Crippen molar-refractivity contribution in [1.29, 1.82) is 0 Å². The summed E-state index contributed by atoms with van der Waals surface area (Å²) in [5.41, 5.74) is 0. The van der Waals surface area contributed by atoms with Crippen LogP contribution in [0.4, 0.5) is 0 Å². The summed E-state index contributed by atoms with van der Waals surface area (Å²) in [4.78, 5) is 0. The van der Waals surface area contributed by atoms with Crippen molar-refractivity contribution in [3.8, 4) is 0 Å². The first-order chi connectivity index (χ1) is 8.25. The van der Waals surface area contributed by atoms with Gasteiger partial charge < -0.3 is 5.32 Å². The minimum absolute atomic E-state index is 0.756. The third kappa shape index (κ3) is 4.28. The quantitative estimate of drug-likeness (QED) is 0.712. The summed E-state index contributed by atoms with van der Waals surface area (Å²) in [7, 11) is 0. The molecular formula is C16H31N. The maximum atomic E-state index is 3.94. The van der Waals surface area contributed by atoms with Gasteiger partial charge in [-0.25, -0.2) is 0 Å². The van der Waals surface area contributed by atoms with Crippen molar-refractivity contribution in [2.45, 2.75) is 90.1 Å². The molecule has 0 aliphatic heterocycles. The van der Waals surface area contributed by atoms with Gasteiger partial charge in [0.15, 0.2) is 0 Å². The van der Waals surface area contributed by atoms with Crippen molar-refractivity contribution in [3.63, 3.8) is 0 Å². The molecule has 1 atom stereocenters. The van der Waals surface area contributed by atoms with Gasteiger partial charge in [-0.1, -0.05) is 32.6 Å². The minimum Gasteiger partial charge on any atom is -0.311 e. The van der Waals surface area contributed by atoms with Gasteiger partial charge in [0.25, 0.3) is 0 Å². The Balaban J connectivity index is 1.73. The molecule has 0 amide bonds. The zero-order chi connectivity index (χ0) is 12.1. The fraction of sp³-hybridized carbons (Fsp3) is 1.00. The molecule has 2 rings (SSSR count). The second-order valence-electron chi connectivity index (χ2n) is 6.66. The number of nitrogens with one attached hydrogen (secondary N) is 1. The van der Waals surface area contributed by atoms with Crippen molar-refractivity contribution in [3.05, 3.63) is 0 Å². The maximum absolute atomic E-state index is 3.94. The van der Waals surface area contributed by atoms with Gasteiger partial charge in [-0.15, -0.1) is 0 Å². The Morgan fingerprint density at radius 3 is 2.00 bits per heavy atom. The predicted octanol–water partition coefficient (Wildman–Crippen LogP) is 4.51. The predicted molar refractivity (Wildman–Crippen MR) is 75.2 cm³/mol. The molecule has 0 aromatic carbocycles. The fourth-order valence-electron chi connectivity index (χ4n) is 3.75. The fourth-order valence-corrected chi connectivity index (χ4v) is 3.75. The highest BCUT2D eigenvalue weighted by molar-refractivity contribution is 4.81. The molecule has 0 spiro atoms. The highest BCUT2D eigenvalue weighted by atomic mass is 15.0. The van der Waals surface area contributed by atoms with Crippen LogP contribution in [0.25, 0.3) is 0 Å².